The Bertz CT molecular complexity index is 433. The van der Waals surface area contributed by atoms with E-state index in [4.69, 9.17) is 0 Å². The van der Waals surface area contributed by atoms with Gasteiger partial charge < -0.3 is 10.2 Å². The topological polar surface area (TPSA) is 32.3 Å². The minimum atomic E-state index is 0.133. The lowest BCUT2D eigenvalue weighted by atomic mass is 10.1. The average molecular weight is 297 g/mol. The number of halogens is 1. The molecule has 1 amide bonds. The zero-order valence-electron chi connectivity index (χ0n) is 10.2. The van der Waals surface area contributed by atoms with Gasteiger partial charge in [-0.3, -0.25) is 4.79 Å². The molecule has 0 aromatic heterocycles. The molecule has 4 heteroatoms. The fourth-order valence-corrected chi connectivity index (χ4v) is 2.32. The largest absolute Gasteiger partial charge is 0.336 e. The Morgan fingerprint density at radius 3 is 2.94 bits per heavy atom. The van der Waals surface area contributed by atoms with Crippen molar-refractivity contribution in [2.45, 2.75) is 19.9 Å². The molecule has 1 aromatic carbocycles. The lowest BCUT2D eigenvalue weighted by Gasteiger charge is -2.32. The molecule has 1 heterocycles. The number of carbonyl (C=O) groups excluding carboxylic acids is 1. The van der Waals surface area contributed by atoms with Crippen molar-refractivity contribution in [2.75, 3.05) is 19.6 Å². The Kier molecular flexibility index (Phi) is 3.84. The first-order chi connectivity index (χ1) is 8.08. The lowest BCUT2D eigenvalue weighted by Crippen LogP contribution is -2.51. The van der Waals surface area contributed by atoms with Crippen LogP contribution in [0.1, 0.15) is 22.8 Å². The van der Waals surface area contributed by atoms with Crippen LogP contribution >= 0.6 is 15.9 Å². The van der Waals surface area contributed by atoms with E-state index in [9.17, 15) is 4.79 Å². The molecule has 1 aliphatic rings. The van der Waals surface area contributed by atoms with E-state index in [0.29, 0.717) is 6.04 Å². The van der Waals surface area contributed by atoms with Crippen LogP contribution in [0.4, 0.5) is 0 Å². The fourth-order valence-electron chi connectivity index (χ4n) is 2.08. The summed E-state index contributed by atoms with van der Waals surface area (Å²) in [6, 6.07) is 6.14. The molecular formula is C13H17BrN2O. The third-order valence-electron chi connectivity index (χ3n) is 3.06. The molecule has 17 heavy (non-hydrogen) atoms. The zero-order chi connectivity index (χ0) is 12.4. The van der Waals surface area contributed by atoms with Gasteiger partial charge in [-0.05, 0) is 37.6 Å². The second-order valence-corrected chi connectivity index (χ2v) is 5.42. The van der Waals surface area contributed by atoms with Gasteiger partial charge >= 0.3 is 0 Å². The van der Waals surface area contributed by atoms with E-state index >= 15 is 0 Å². The molecule has 1 aliphatic heterocycles. The van der Waals surface area contributed by atoms with Crippen LogP contribution < -0.4 is 5.32 Å². The van der Waals surface area contributed by atoms with Gasteiger partial charge in [0.1, 0.15) is 0 Å². The van der Waals surface area contributed by atoms with Crippen molar-refractivity contribution in [1.29, 1.82) is 0 Å². The maximum Gasteiger partial charge on any atom is 0.253 e. The van der Waals surface area contributed by atoms with Gasteiger partial charge in [0.2, 0.25) is 0 Å². The zero-order valence-corrected chi connectivity index (χ0v) is 11.8. The van der Waals surface area contributed by atoms with E-state index in [2.05, 4.69) is 28.2 Å². The average Bonchev–Trinajstić information content (AvgIpc) is 2.32. The molecule has 1 aromatic rings. The molecule has 1 atom stereocenters. The Labute approximate surface area is 110 Å². The maximum atomic E-state index is 12.3. The van der Waals surface area contributed by atoms with Gasteiger partial charge in [0, 0.05) is 35.7 Å². The molecule has 1 saturated heterocycles. The van der Waals surface area contributed by atoms with Crippen LogP contribution in [0.15, 0.2) is 22.7 Å². The number of hydrogen-bond acceptors (Lipinski definition) is 2. The van der Waals surface area contributed by atoms with Gasteiger partial charge in [0.15, 0.2) is 0 Å². The summed E-state index contributed by atoms with van der Waals surface area (Å²) in [7, 11) is 0. The van der Waals surface area contributed by atoms with Crippen LogP contribution in [0.3, 0.4) is 0 Å². The monoisotopic (exact) mass is 296 g/mol. The number of carbonyl (C=O) groups is 1. The number of nitrogens with zero attached hydrogens (tertiary/aromatic N) is 1. The first-order valence-electron chi connectivity index (χ1n) is 5.87. The standard InChI is InChI=1S/C13H17BrN2O/c1-9-7-11(3-4-12(9)14)13(17)16-6-5-15-10(2)8-16/h3-4,7,10,15H,5-6,8H2,1-2H3. The smallest absolute Gasteiger partial charge is 0.253 e. The number of nitrogens with one attached hydrogen (secondary N) is 1. The number of aryl methyl sites for hydroxylation is 1. The highest BCUT2D eigenvalue weighted by Crippen LogP contribution is 2.18. The molecule has 0 saturated carbocycles. The van der Waals surface area contributed by atoms with Crippen LogP contribution in [0.25, 0.3) is 0 Å². The number of amides is 1. The molecule has 1 N–H and O–H groups in total. The summed E-state index contributed by atoms with van der Waals surface area (Å²) in [4.78, 5) is 14.2. The normalized spacial score (nSPS) is 20.4. The molecular weight excluding hydrogens is 280 g/mol. The van der Waals surface area contributed by atoms with E-state index in [1.165, 1.54) is 0 Å². The molecule has 92 valence electrons. The predicted molar refractivity (Wildman–Crippen MR) is 72.2 cm³/mol. The SMILES string of the molecule is Cc1cc(C(=O)N2CCNC(C)C2)ccc1Br. The van der Waals surface area contributed by atoms with Crippen molar-refractivity contribution in [3.05, 3.63) is 33.8 Å². The summed E-state index contributed by atoms with van der Waals surface area (Å²) in [6.45, 7) is 6.56. The first kappa shape index (κ1) is 12.6. The van der Waals surface area contributed by atoms with Crippen LogP contribution in [0, 0.1) is 6.92 Å². The third-order valence-corrected chi connectivity index (χ3v) is 3.95. The predicted octanol–water partition coefficient (Wildman–Crippen LogP) is 2.19. The van der Waals surface area contributed by atoms with Crippen LogP contribution in [0.5, 0.6) is 0 Å². The second-order valence-electron chi connectivity index (χ2n) is 4.57. The van der Waals surface area contributed by atoms with Gasteiger partial charge in [-0.15, -0.1) is 0 Å². The fraction of sp³-hybridized carbons (Fsp3) is 0.462. The number of rotatable bonds is 1. The summed E-state index contributed by atoms with van der Waals surface area (Å²) in [5.41, 5.74) is 1.87. The van der Waals surface area contributed by atoms with Crippen molar-refractivity contribution in [3.63, 3.8) is 0 Å². The first-order valence-corrected chi connectivity index (χ1v) is 6.66. The Morgan fingerprint density at radius 2 is 2.29 bits per heavy atom. The van der Waals surface area contributed by atoms with Crippen molar-refractivity contribution >= 4 is 21.8 Å². The molecule has 1 fully saturated rings. The van der Waals surface area contributed by atoms with Crippen molar-refractivity contribution in [2.24, 2.45) is 0 Å². The summed E-state index contributed by atoms with van der Waals surface area (Å²) in [6.07, 6.45) is 0. The molecule has 0 aliphatic carbocycles. The van der Waals surface area contributed by atoms with E-state index in [-0.39, 0.29) is 5.91 Å². The van der Waals surface area contributed by atoms with E-state index in [0.717, 1.165) is 35.2 Å². The molecule has 0 radical (unpaired) electrons. The summed E-state index contributed by atoms with van der Waals surface area (Å²) in [5.74, 6) is 0.133. The van der Waals surface area contributed by atoms with Crippen molar-refractivity contribution in [3.8, 4) is 0 Å². The maximum absolute atomic E-state index is 12.3. The Balaban J connectivity index is 2.15. The molecule has 2 rings (SSSR count). The highest BCUT2D eigenvalue weighted by atomic mass is 79.9. The van der Waals surface area contributed by atoms with Gasteiger partial charge in [-0.1, -0.05) is 15.9 Å². The quantitative estimate of drug-likeness (QED) is 0.862. The highest BCUT2D eigenvalue weighted by Gasteiger charge is 2.21. The molecule has 0 bridgehead atoms. The Morgan fingerprint density at radius 1 is 1.53 bits per heavy atom. The van der Waals surface area contributed by atoms with E-state index in [1.807, 2.05) is 30.0 Å². The number of hydrogen-bond donors (Lipinski definition) is 1. The number of benzene rings is 1. The highest BCUT2D eigenvalue weighted by molar-refractivity contribution is 9.10. The molecule has 3 nitrogen and oxygen atoms in total. The minimum absolute atomic E-state index is 0.133. The summed E-state index contributed by atoms with van der Waals surface area (Å²) >= 11 is 3.45. The van der Waals surface area contributed by atoms with Crippen LogP contribution in [-0.2, 0) is 0 Å². The van der Waals surface area contributed by atoms with Gasteiger partial charge in [-0.25, -0.2) is 0 Å². The minimum Gasteiger partial charge on any atom is -0.336 e. The lowest BCUT2D eigenvalue weighted by molar-refractivity contribution is 0.0709. The Hall–Kier alpha value is -0.870. The number of piperazine rings is 1. The van der Waals surface area contributed by atoms with Gasteiger partial charge in [-0.2, -0.15) is 0 Å². The second kappa shape index (κ2) is 5.19. The van der Waals surface area contributed by atoms with Crippen molar-refractivity contribution < 1.29 is 4.79 Å². The van der Waals surface area contributed by atoms with Gasteiger partial charge in [0.05, 0.1) is 0 Å². The van der Waals surface area contributed by atoms with Gasteiger partial charge in [0.25, 0.3) is 5.91 Å². The van der Waals surface area contributed by atoms with Crippen LogP contribution in [-0.4, -0.2) is 36.5 Å². The molecule has 1 unspecified atom stereocenters. The summed E-state index contributed by atoms with van der Waals surface area (Å²) < 4.78 is 1.04. The summed E-state index contributed by atoms with van der Waals surface area (Å²) in [5, 5.41) is 3.34. The van der Waals surface area contributed by atoms with Crippen LogP contribution in [0.2, 0.25) is 0 Å². The van der Waals surface area contributed by atoms with E-state index in [1.54, 1.807) is 0 Å². The van der Waals surface area contributed by atoms with Crippen molar-refractivity contribution in [1.82, 2.24) is 10.2 Å². The third kappa shape index (κ3) is 2.87. The molecule has 0 spiro atoms. The van der Waals surface area contributed by atoms with E-state index < -0.39 is 0 Å².